The first-order valence-electron chi connectivity index (χ1n) is 9.38. The molecule has 0 aromatic heterocycles. The van der Waals surface area contributed by atoms with Gasteiger partial charge in [0, 0.05) is 6.42 Å². The standard InChI is InChI=1S/C22H26O6/c1-4-5-6-7-20(25-27-21(23)18-12-8-16(2)9-13-18)26-28-22(24)19-14-10-17(3)11-15-19/h8-15,20H,4-7H2,1-3H3. The second-order valence-electron chi connectivity index (χ2n) is 6.59. The second-order valence-corrected chi connectivity index (χ2v) is 6.59. The van der Waals surface area contributed by atoms with Gasteiger partial charge in [-0.3, -0.25) is 9.78 Å². The first kappa shape index (κ1) is 21.6. The molecule has 0 saturated carbocycles. The predicted molar refractivity (Wildman–Crippen MR) is 103 cm³/mol. The summed E-state index contributed by atoms with van der Waals surface area (Å²) in [6.45, 7) is 5.91. The molecule has 6 heteroatoms. The largest absolute Gasteiger partial charge is 0.373 e. The van der Waals surface area contributed by atoms with E-state index in [1.807, 2.05) is 13.8 Å². The Balaban J connectivity index is 1.89. The maximum atomic E-state index is 12.1. The van der Waals surface area contributed by atoms with E-state index in [0.29, 0.717) is 17.5 Å². The lowest BCUT2D eigenvalue weighted by molar-refractivity contribution is -0.421. The third-order valence-electron chi connectivity index (χ3n) is 4.08. The maximum Gasteiger partial charge on any atom is 0.373 e. The average Bonchev–Trinajstić information content (AvgIpc) is 2.70. The zero-order valence-corrected chi connectivity index (χ0v) is 16.5. The number of hydrogen-bond acceptors (Lipinski definition) is 6. The van der Waals surface area contributed by atoms with Crippen molar-refractivity contribution in [2.75, 3.05) is 0 Å². The van der Waals surface area contributed by atoms with Gasteiger partial charge in [-0.1, -0.05) is 55.2 Å². The molecule has 0 fully saturated rings. The Labute approximate surface area is 165 Å². The monoisotopic (exact) mass is 386 g/mol. The van der Waals surface area contributed by atoms with E-state index >= 15 is 0 Å². The fourth-order valence-electron chi connectivity index (χ4n) is 2.34. The zero-order chi connectivity index (χ0) is 20.4. The van der Waals surface area contributed by atoms with Crippen molar-refractivity contribution in [2.24, 2.45) is 0 Å². The van der Waals surface area contributed by atoms with E-state index in [1.54, 1.807) is 48.5 Å². The maximum absolute atomic E-state index is 12.1. The summed E-state index contributed by atoms with van der Waals surface area (Å²) >= 11 is 0. The van der Waals surface area contributed by atoms with E-state index in [9.17, 15) is 9.59 Å². The minimum absolute atomic E-state index is 0.356. The summed E-state index contributed by atoms with van der Waals surface area (Å²) in [5, 5.41) is 0. The minimum atomic E-state index is -1.00. The molecule has 0 aliphatic carbocycles. The van der Waals surface area contributed by atoms with Crippen molar-refractivity contribution in [3.63, 3.8) is 0 Å². The lowest BCUT2D eigenvalue weighted by Gasteiger charge is -2.15. The van der Waals surface area contributed by atoms with E-state index in [0.717, 1.165) is 30.4 Å². The molecule has 2 rings (SSSR count). The van der Waals surface area contributed by atoms with E-state index < -0.39 is 18.2 Å². The van der Waals surface area contributed by atoms with Crippen molar-refractivity contribution >= 4 is 11.9 Å². The molecule has 0 heterocycles. The van der Waals surface area contributed by atoms with Gasteiger partial charge in [-0.15, -0.1) is 9.78 Å². The highest BCUT2D eigenvalue weighted by atomic mass is 17.3. The summed E-state index contributed by atoms with van der Waals surface area (Å²) in [5.74, 6) is -1.29. The van der Waals surface area contributed by atoms with Gasteiger partial charge in [-0.2, -0.15) is 0 Å². The normalized spacial score (nSPS) is 10.7. The molecule has 0 spiro atoms. The quantitative estimate of drug-likeness (QED) is 0.245. The van der Waals surface area contributed by atoms with Crippen molar-refractivity contribution in [3.8, 4) is 0 Å². The van der Waals surface area contributed by atoms with Gasteiger partial charge in [0.2, 0.25) is 6.29 Å². The van der Waals surface area contributed by atoms with Gasteiger partial charge < -0.3 is 0 Å². The number of rotatable bonds is 10. The summed E-state index contributed by atoms with van der Waals surface area (Å²) in [7, 11) is 0. The van der Waals surface area contributed by atoms with Crippen molar-refractivity contribution in [1.29, 1.82) is 0 Å². The second kappa shape index (κ2) is 11.2. The van der Waals surface area contributed by atoms with E-state index in [-0.39, 0.29) is 0 Å². The van der Waals surface area contributed by atoms with Crippen LogP contribution in [0.3, 0.4) is 0 Å². The van der Waals surface area contributed by atoms with Crippen LogP contribution >= 0.6 is 0 Å². The Morgan fingerprint density at radius 3 is 1.57 bits per heavy atom. The molecule has 0 saturated heterocycles. The van der Waals surface area contributed by atoms with Crippen molar-refractivity contribution < 1.29 is 29.1 Å². The molecule has 6 nitrogen and oxygen atoms in total. The fourth-order valence-corrected chi connectivity index (χ4v) is 2.34. The molecular formula is C22H26O6. The van der Waals surface area contributed by atoms with Crippen LogP contribution in [0.5, 0.6) is 0 Å². The van der Waals surface area contributed by atoms with Crippen LogP contribution in [0.1, 0.15) is 64.4 Å². The fraction of sp³-hybridized carbons (Fsp3) is 0.364. The molecular weight excluding hydrogens is 360 g/mol. The summed E-state index contributed by atoms with van der Waals surface area (Å²) in [5.41, 5.74) is 2.77. The lowest BCUT2D eigenvalue weighted by Crippen LogP contribution is -2.22. The Morgan fingerprint density at radius 2 is 1.18 bits per heavy atom. The summed E-state index contributed by atoms with van der Waals surface area (Å²) in [6, 6.07) is 13.8. The Bertz CT molecular complexity index is 690. The molecule has 0 unspecified atom stereocenters. The van der Waals surface area contributed by atoms with Crippen LogP contribution in [0.2, 0.25) is 0 Å². The molecule has 0 amide bonds. The molecule has 0 atom stereocenters. The van der Waals surface area contributed by atoms with Crippen LogP contribution in [0.15, 0.2) is 48.5 Å². The van der Waals surface area contributed by atoms with E-state index in [1.165, 1.54) is 0 Å². The number of benzene rings is 2. The summed E-state index contributed by atoms with van der Waals surface area (Å²) < 4.78 is 0. The first-order chi connectivity index (χ1) is 13.5. The smallest absolute Gasteiger partial charge is 0.290 e. The molecule has 0 N–H and O–H groups in total. The van der Waals surface area contributed by atoms with Crippen LogP contribution in [0.25, 0.3) is 0 Å². The number of unbranched alkanes of at least 4 members (excludes halogenated alkanes) is 2. The molecule has 0 radical (unpaired) electrons. The molecule has 2 aromatic rings. The van der Waals surface area contributed by atoms with Gasteiger partial charge in [0.05, 0.1) is 11.1 Å². The van der Waals surface area contributed by atoms with Gasteiger partial charge in [0.25, 0.3) is 0 Å². The minimum Gasteiger partial charge on any atom is -0.290 e. The number of carbonyl (C=O) groups excluding carboxylic acids is 2. The zero-order valence-electron chi connectivity index (χ0n) is 16.5. The Morgan fingerprint density at radius 1 is 0.750 bits per heavy atom. The Kier molecular flexibility index (Phi) is 8.65. The molecule has 0 bridgehead atoms. The van der Waals surface area contributed by atoms with Gasteiger partial charge in [-0.05, 0) is 44.5 Å². The first-order valence-corrected chi connectivity index (χ1v) is 9.38. The topological polar surface area (TPSA) is 71.1 Å². The highest BCUT2D eigenvalue weighted by Crippen LogP contribution is 2.13. The van der Waals surface area contributed by atoms with Gasteiger partial charge in [-0.25, -0.2) is 9.59 Å². The number of hydrogen-bond donors (Lipinski definition) is 0. The van der Waals surface area contributed by atoms with E-state index in [4.69, 9.17) is 19.6 Å². The summed E-state index contributed by atoms with van der Waals surface area (Å²) in [4.78, 5) is 44.0. The van der Waals surface area contributed by atoms with Crippen molar-refractivity contribution in [1.82, 2.24) is 0 Å². The third-order valence-corrected chi connectivity index (χ3v) is 4.08. The van der Waals surface area contributed by atoms with Gasteiger partial charge in [0.15, 0.2) is 0 Å². The summed E-state index contributed by atoms with van der Waals surface area (Å²) in [6.07, 6.45) is 2.12. The van der Waals surface area contributed by atoms with E-state index in [2.05, 4.69) is 6.92 Å². The molecule has 2 aromatic carbocycles. The van der Waals surface area contributed by atoms with Crippen LogP contribution in [0, 0.1) is 13.8 Å². The van der Waals surface area contributed by atoms with Crippen LogP contribution in [-0.2, 0) is 19.6 Å². The third kappa shape index (κ3) is 7.13. The number of aryl methyl sites for hydroxylation is 2. The Hall–Kier alpha value is -2.70. The average molecular weight is 386 g/mol. The highest BCUT2D eigenvalue weighted by molar-refractivity contribution is 5.89. The lowest BCUT2D eigenvalue weighted by atomic mass is 10.2. The SMILES string of the molecule is CCCCCC(OOC(=O)c1ccc(C)cc1)OOC(=O)c1ccc(C)cc1. The molecule has 150 valence electrons. The molecule has 0 aliphatic heterocycles. The van der Waals surface area contributed by atoms with Gasteiger partial charge >= 0.3 is 11.9 Å². The van der Waals surface area contributed by atoms with Crippen LogP contribution in [-0.4, -0.2) is 18.2 Å². The van der Waals surface area contributed by atoms with Crippen LogP contribution in [0.4, 0.5) is 0 Å². The molecule has 0 aliphatic rings. The van der Waals surface area contributed by atoms with Crippen molar-refractivity contribution in [3.05, 3.63) is 70.8 Å². The van der Waals surface area contributed by atoms with Gasteiger partial charge in [0.1, 0.15) is 0 Å². The number of carbonyl (C=O) groups is 2. The predicted octanol–water partition coefficient (Wildman–Crippen LogP) is 5.09. The van der Waals surface area contributed by atoms with Crippen molar-refractivity contribution in [2.45, 2.75) is 52.7 Å². The van der Waals surface area contributed by atoms with Crippen LogP contribution < -0.4 is 0 Å². The highest BCUT2D eigenvalue weighted by Gasteiger charge is 2.19. The molecule has 28 heavy (non-hydrogen) atoms.